The second-order valence-corrected chi connectivity index (χ2v) is 6.77. The minimum absolute atomic E-state index is 0.0912. The van der Waals surface area contributed by atoms with Crippen molar-refractivity contribution in [1.29, 1.82) is 5.26 Å². The lowest BCUT2D eigenvalue weighted by Gasteiger charge is -2.24. The first-order valence-electron chi connectivity index (χ1n) is 7.46. The Bertz CT molecular complexity index is 739. The van der Waals surface area contributed by atoms with E-state index in [2.05, 4.69) is 11.0 Å². The van der Waals surface area contributed by atoms with Gasteiger partial charge in [-0.15, -0.1) is 11.3 Å². The van der Waals surface area contributed by atoms with Gasteiger partial charge in [0.2, 0.25) is 0 Å². The van der Waals surface area contributed by atoms with Gasteiger partial charge in [0.15, 0.2) is 0 Å². The number of benzene rings is 1. The predicted molar refractivity (Wildman–Crippen MR) is 93.2 cm³/mol. The zero-order chi connectivity index (χ0) is 16.2. The summed E-state index contributed by atoms with van der Waals surface area (Å²) in [7, 11) is 0. The van der Waals surface area contributed by atoms with Crippen molar-refractivity contribution in [3.05, 3.63) is 51.2 Å². The van der Waals surface area contributed by atoms with E-state index in [0.29, 0.717) is 23.7 Å². The molecule has 1 aliphatic heterocycles. The number of anilines is 1. The van der Waals surface area contributed by atoms with E-state index < -0.39 is 0 Å². The van der Waals surface area contributed by atoms with Gasteiger partial charge >= 0.3 is 0 Å². The Morgan fingerprint density at radius 3 is 2.83 bits per heavy atom. The number of nitrogens with zero attached hydrogens (tertiary/aromatic N) is 3. The van der Waals surface area contributed by atoms with Crippen LogP contribution in [0.5, 0.6) is 0 Å². The fourth-order valence-corrected chi connectivity index (χ4v) is 3.64. The molecule has 1 aromatic heterocycles. The zero-order valence-corrected chi connectivity index (χ0v) is 14.1. The number of amides is 1. The Labute approximate surface area is 144 Å². The van der Waals surface area contributed by atoms with E-state index in [4.69, 9.17) is 11.6 Å². The summed E-state index contributed by atoms with van der Waals surface area (Å²) in [4.78, 5) is 17.3. The Balaban J connectivity index is 1.75. The van der Waals surface area contributed by atoms with Crippen molar-refractivity contribution in [2.45, 2.75) is 6.42 Å². The first kappa shape index (κ1) is 15.9. The van der Waals surface area contributed by atoms with Crippen molar-refractivity contribution in [2.24, 2.45) is 0 Å². The number of thiophene rings is 1. The van der Waals surface area contributed by atoms with Crippen LogP contribution in [0.2, 0.25) is 5.02 Å². The smallest absolute Gasteiger partial charge is 0.263 e. The van der Waals surface area contributed by atoms with Gasteiger partial charge in [-0.3, -0.25) is 4.79 Å². The van der Waals surface area contributed by atoms with Gasteiger partial charge in [0.05, 0.1) is 16.1 Å². The first-order valence-corrected chi connectivity index (χ1v) is 8.72. The molecule has 2 aromatic rings. The molecule has 0 spiro atoms. The molecule has 0 unspecified atom stereocenters. The molecule has 0 atom stereocenters. The van der Waals surface area contributed by atoms with Crippen molar-refractivity contribution in [3.8, 4) is 6.07 Å². The van der Waals surface area contributed by atoms with Crippen LogP contribution in [0.25, 0.3) is 0 Å². The minimum Gasteiger partial charge on any atom is -0.369 e. The molecule has 1 amide bonds. The van der Waals surface area contributed by atoms with Gasteiger partial charge in [0, 0.05) is 31.2 Å². The third-order valence-electron chi connectivity index (χ3n) is 3.94. The first-order chi connectivity index (χ1) is 11.2. The number of carbonyl (C=O) groups excluding carboxylic acids is 1. The van der Waals surface area contributed by atoms with E-state index in [0.717, 1.165) is 30.1 Å². The highest BCUT2D eigenvalue weighted by atomic mass is 35.5. The molecule has 1 fully saturated rings. The molecule has 1 aromatic carbocycles. The van der Waals surface area contributed by atoms with Gasteiger partial charge in [-0.05, 0) is 36.1 Å². The van der Waals surface area contributed by atoms with Crippen molar-refractivity contribution in [2.75, 3.05) is 31.1 Å². The quantitative estimate of drug-likeness (QED) is 0.835. The maximum absolute atomic E-state index is 12.5. The lowest BCUT2D eigenvalue weighted by Crippen LogP contribution is -2.35. The largest absolute Gasteiger partial charge is 0.369 e. The number of carbonyl (C=O) groups is 1. The number of nitriles is 1. The van der Waals surface area contributed by atoms with Crippen molar-refractivity contribution in [3.63, 3.8) is 0 Å². The van der Waals surface area contributed by atoms with Crippen LogP contribution in [0, 0.1) is 11.3 Å². The molecule has 0 radical (unpaired) electrons. The normalized spacial score (nSPS) is 15.1. The van der Waals surface area contributed by atoms with Crippen LogP contribution in [0.4, 0.5) is 5.69 Å². The van der Waals surface area contributed by atoms with Crippen LogP contribution in [-0.4, -0.2) is 37.0 Å². The molecular formula is C17H16ClN3OS. The van der Waals surface area contributed by atoms with E-state index in [9.17, 15) is 10.1 Å². The maximum atomic E-state index is 12.5. The van der Waals surface area contributed by atoms with E-state index in [1.54, 1.807) is 12.1 Å². The number of rotatable bonds is 2. The third kappa shape index (κ3) is 3.49. The highest BCUT2D eigenvalue weighted by Crippen LogP contribution is 2.26. The van der Waals surface area contributed by atoms with Gasteiger partial charge in [0.25, 0.3) is 5.91 Å². The number of hydrogen-bond donors (Lipinski definition) is 0. The lowest BCUT2D eigenvalue weighted by molar-refractivity contribution is 0.0772. The third-order valence-corrected chi connectivity index (χ3v) is 5.03. The van der Waals surface area contributed by atoms with E-state index in [-0.39, 0.29) is 5.91 Å². The molecule has 1 aliphatic rings. The number of halogens is 1. The van der Waals surface area contributed by atoms with Crippen molar-refractivity contribution >= 4 is 34.5 Å². The van der Waals surface area contributed by atoms with Crippen LogP contribution in [-0.2, 0) is 0 Å². The molecule has 0 N–H and O–H groups in total. The Morgan fingerprint density at radius 2 is 2.09 bits per heavy atom. The van der Waals surface area contributed by atoms with E-state index >= 15 is 0 Å². The number of hydrogen-bond acceptors (Lipinski definition) is 4. The molecule has 1 saturated heterocycles. The fourth-order valence-electron chi connectivity index (χ4n) is 2.78. The second-order valence-electron chi connectivity index (χ2n) is 5.38. The monoisotopic (exact) mass is 345 g/mol. The molecule has 4 nitrogen and oxygen atoms in total. The molecule has 118 valence electrons. The van der Waals surface area contributed by atoms with Crippen LogP contribution in [0.3, 0.4) is 0 Å². The summed E-state index contributed by atoms with van der Waals surface area (Å²) in [6.07, 6.45) is 0.870. The van der Waals surface area contributed by atoms with Gasteiger partial charge in [0.1, 0.15) is 6.07 Å². The zero-order valence-electron chi connectivity index (χ0n) is 12.5. The summed E-state index contributed by atoms with van der Waals surface area (Å²) < 4.78 is 0. The van der Waals surface area contributed by atoms with Crippen LogP contribution in [0.15, 0.2) is 35.7 Å². The summed E-state index contributed by atoms with van der Waals surface area (Å²) >= 11 is 7.55. The molecule has 0 bridgehead atoms. The summed E-state index contributed by atoms with van der Waals surface area (Å²) in [6.45, 7) is 2.89. The highest BCUT2D eigenvalue weighted by Gasteiger charge is 2.22. The molecule has 23 heavy (non-hydrogen) atoms. The van der Waals surface area contributed by atoms with Crippen LogP contribution < -0.4 is 4.90 Å². The van der Waals surface area contributed by atoms with Gasteiger partial charge in [-0.2, -0.15) is 5.26 Å². The van der Waals surface area contributed by atoms with Crippen molar-refractivity contribution < 1.29 is 4.79 Å². The molecule has 6 heteroatoms. The fraction of sp³-hybridized carbons (Fsp3) is 0.294. The van der Waals surface area contributed by atoms with E-state index in [1.165, 1.54) is 11.3 Å². The maximum Gasteiger partial charge on any atom is 0.263 e. The highest BCUT2D eigenvalue weighted by molar-refractivity contribution is 7.12. The predicted octanol–water partition coefficient (Wildman–Crippen LogP) is 3.63. The van der Waals surface area contributed by atoms with Crippen LogP contribution >= 0.6 is 22.9 Å². The Morgan fingerprint density at radius 1 is 1.22 bits per heavy atom. The van der Waals surface area contributed by atoms with Crippen LogP contribution in [0.1, 0.15) is 21.7 Å². The summed E-state index contributed by atoms with van der Waals surface area (Å²) in [5, 5.41) is 11.8. The molecule has 2 heterocycles. The second kappa shape index (κ2) is 7.03. The summed E-state index contributed by atoms with van der Waals surface area (Å²) in [5.41, 5.74) is 1.47. The van der Waals surface area contributed by atoms with Crippen molar-refractivity contribution in [1.82, 2.24) is 4.90 Å². The van der Waals surface area contributed by atoms with Gasteiger partial charge in [-0.25, -0.2) is 0 Å². The standard InChI is InChI=1S/C17H16ClN3OS/c18-14-5-4-13(12-19)15(11-14)20-6-2-7-21(9-8-20)17(22)16-3-1-10-23-16/h1,3-5,10-11H,2,6-9H2. The molecule has 3 rings (SSSR count). The topological polar surface area (TPSA) is 47.3 Å². The SMILES string of the molecule is N#Cc1ccc(Cl)cc1N1CCCN(C(=O)c2cccs2)CC1. The minimum atomic E-state index is 0.0912. The average molecular weight is 346 g/mol. The lowest BCUT2D eigenvalue weighted by atomic mass is 10.1. The van der Waals surface area contributed by atoms with Gasteiger partial charge < -0.3 is 9.80 Å². The van der Waals surface area contributed by atoms with E-state index in [1.807, 2.05) is 28.5 Å². The summed E-state index contributed by atoms with van der Waals surface area (Å²) in [6, 6.07) is 11.3. The molecule has 0 aliphatic carbocycles. The van der Waals surface area contributed by atoms with Gasteiger partial charge in [-0.1, -0.05) is 17.7 Å². The Kier molecular flexibility index (Phi) is 4.85. The molecular weight excluding hydrogens is 330 g/mol. The Hall–Kier alpha value is -2.03. The summed E-state index contributed by atoms with van der Waals surface area (Å²) in [5.74, 6) is 0.0912. The average Bonchev–Trinajstić information content (AvgIpc) is 2.99. The molecule has 0 saturated carbocycles.